The van der Waals surface area contributed by atoms with Crippen LogP contribution in [0.5, 0.6) is 0 Å². The Kier molecular flexibility index (Phi) is 3.45. The molecule has 1 heterocycles. The molecule has 2 aromatic rings. The van der Waals surface area contributed by atoms with Crippen molar-refractivity contribution in [3.8, 4) is 0 Å². The van der Waals surface area contributed by atoms with Gasteiger partial charge >= 0.3 is 0 Å². The van der Waals surface area contributed by atoms with Crippen LogP contribution in [-0.4, -0.2) is 24.1 Å². The molecule has 0 aromatic heterocycles. The van der Waals surface area contributed by atoms with Crippen molar-refractivity contribution in [2.45, 2.75) is 18.5 Å². The van der Waals surface area contributed by atoms with Gasteiger partial charge in [0.2, 0.25) is 0 Å². The first-order valence-electron chi connectivity index (χ1n) is 7.28. The topological polar surface area (TPSA) is 0 Å². The monoisotopic (exact) mass is 264 g/mol. The van der Waals surface area contributed by atoms with Gasteiger partial charge in [-0.05, 0) is 11.6 Å². The summed E-state index contributed by atoms with van der Waals surface area (Å²) < 4.78 is 1.06. The van der Waals surface area contributed by atoms with Crippen molar-refractivity contribution < 1.29 is 4.48 Å². The highest BCUT2D eigenvalue weighted by atomic mass is 15.4. The Labute approximate surface area is 121 Å². The van der Waals surface area contributed by atoms with Gasteiger partial charge in [-0.1, -0.05) is 67.2 Å². The van der Waals surface area contributed by atoms with Crippen LogP contribution in [0.25, 0.3) is 0 Å². The highest BCUT2D eigenvalue weighted by molar-refractivity contribution is 5.25. The number of hydrogen-bond acceptors (Lipinski definition) is 0. The fraction of sp³-hybridized carbons (Fsp3) is 0.263. The molecule has 3 rings (SSSR count). The summed E-state index contributed by atoms with van der Waals surface area (Å²) in [5.74, 6) is 0.613. The molecule has 1 aliphatic rings. The third kappa shape index (κ3) is 2.30. The van der Waals surface area contributed by atoms with Gasteiger partial charge in [-0.3, -0.25) is 0 Å². The molecule has 1 heteroatoms. The highest BCUT2D eigenvalue weighted by Gasteiger charge is 2.50. The Morgan fingerprint density at radius 3 is 2.25 bits per heavy atom. The standard InChI is InChI=1S/C19H22N/c1-3-19-18(17-12-8-5-9-13-17)15-20(19,2)14-16-10-6-4-7-11-16/h3-13,18-19H,1,14-15H2,2H3/q+1/t18-,19-,20-/m0/s1. The van der Waals surface area contributed by atoms with Gasteiger partial charge in [0.25, 0.3) is 0 Å². The molecular weight excluding hydrogens is 242 g/mol. The molecule has 1 fully saturated rings. The molecule has 3 atom stereocenters. The molecule has 102 valence electrons. The van der Waals surface area contributed by atoms with Crippen LogP contribution in [-0.2, 0) is 6.54 Å². The number of rotatable bonds is 4. The summed E-state index contributed by atoms with van der Waals surface area (Å²) >= 11 is 0. The molecule has 0 bridgehead atoms. The Morgan fingerprint density at radius 2 is 1.65 bits per heavy atom. The number of nitrogens with zero attached hydrogens (tertiary/aromatic N) is 1. The third-order valence-electron chi connectivity index (χ3n) is 4.60. The maximum atomic E-state index is 4.08. The van der Waals surface area contributed by atoms with E-state index in [2.05, 4.69) is 80.4 Å². The van der Waals surface area contributed by atoms with Crippen molar-refractivity contribution in [1.82, 2.24) is 0 Å². The molecule has 0 unspecified atom stereocenters. The molecule has 0 N–H and O–H groups in total. The fourth-order valence-electron chi connectivity index (χ4n) is 3.57. The van der Waals surface area contributed by atoms with Crippen molar-refractivity contribution in [2.24, 2.45) is 0 Å². The van der Waals surface area contributed by atoms with Crippen molar-refractivity contribution in [3.05, 3.63) is 84.4 Å². The van der Waals surface area contributed by atoms with Crippen molar-refractivity contribution in [3.63, 3.8) is 0 Å². The Morgan fingerprint density at radius 1 is 1.05 bits per heavy atom. The largest absolute Gasteiger partial charge is 0.315 e. The molecule has 1 aliphatic heterocycles. The number of benzene rings is 2. The molecule has 0 aliphatic carbocycles. The lowest BCUT2D eigenvalue weighted by atomic mass is 9.79. The van der Waals surface area contributed by atoms with E-state index in [1.807, 2.05) is 0 Å². The zero-order valence-corrected chi connectivity index (χ0v) is 12.1. The molecule has 0 amide bonds. The summed E-state index contributed by atoms with van der Waals surface area (Å²) in [6, 6.07) is 22.1. The van der Waals surface area contributed by atoms with E-state index in [0.29, 0.717) is 12.0 Å². The van der Waals surface area contributed by atoms with Gasteiger partial charge in [0, 0.05) is 5.56 Å². The van der Waals surface area contributed by atoms with E-state index in [9.17, 15) is 0 Å². The van der Waals surface area contributed by atoms with Gasteiger partial charge in [-0.15, -0.1) is 0 Å². The Balaban J connectivity index is 1.78. The van der Waals surface area contributed by atoms with E-state index in [1.54, 1.807) is 0 Å². The smallest absolute Gasteiger partial charge is 0.120 e. The average Bonchev–Trinajstić information content (AvgIpc) is 2.47. The summed E-state index contributed by atoms with van der Waals surface area (Å²) in [6.07, 6.45) is 2.14. The van der Waals surface area contributed by atoms with E-state index in [1.165, 1.54) is 17.7 Å². The summed E-state index contributed by atoms with van der Waals surface area (Å²) in [4.78, 5) is 0. The first-order chi connectivity index (χ1) is 9.73. The summed E-state index contributed by atoms with van der Waals surface area (Å²) in [5, 5.41) is 0. The molecular formula is C19H22N+. The van der Waals surface area contributed by atoms with E-state index in [4.69, 9.17) is 0 Å². The Hall–Kier alpha value is -1.86. The number of likely N-dealkylation sites (N-methyl/N-ethyl adjacent to an activating group) is 1. The van der Waals surface area contributed by atoms with E-state index in [-0.39, 0.29) is 0 Å². The van der Waals surface area contributed by atoms with Crippen LogP contribution < -0.4 is 0 Å². The molecule has 20 heavy (non-hydrogen) atoms. The highest BCUT2D eigenvalue weighted by Crippen LogP contribution is 2.41. The average molecular weight is 264 g/mol. The third-order valence-corrected chi connectivity index (χ3v) is 4.60. The first-order valence-corrected chi connectivity index (χ1v) is 7.28. The first kappa shape index (κ1) is 13.1. The van der Waals surface area contributed by atoms with Gasteiger partial charge in [0.15, 0.2) is 0 Å². The van der Waals surface area contributed by atoms with Crippen molar-refractivity contribution in [2.75, 3.05) is 13.6 Å². The molecule has 1 saturated heterocycles. The number of hydrogen-bond donors (Lipinski definition) is 0. The van der Waals surface area contributed by atoms with Gasteiger partial charge in [0.1, 0.15) is 12.6 Å². The lowest BCUT2D eigenvalue weighted by molar-refractivity contribution is -0.981. The predicted molar refractivity (Wildman–Crippen MR) is 84.4 cm³/mol. The minimum Gasteiger partial charge on any atom is -0.315 e. The summed E-state index contributed by atoms with van der Waals surface area (Å²) in [5.41, 5.74) is 2.86. The van der Waals surface area contributed by atoms with Crippen LogP contribution in [0.15, 0.2) is 73.3 Å². The van der Waals surface area contributed by atoms with Crippen LogP contribution in [0, 0.1) is 0 Å². The lowest BCUT2D eigenvalue weighted by Crippen LogP contribution is -2.65. The van der Waals surface area contributed by atoms with Gasteiger partial charge in [0.05, 0.1) is 19.5 Å². The van der Waals surface area contributed by atoms with Crippen molar-refractivity contribution >= 4 is 0 Å². The van der Waals surface area contributed by atoms with E-state index in [0.717, 1.165) is 11.0 Å². The second-order valence-electron chi connectivity index (χ2n) is 6.05. The summed E-state index contributed by atoms with van der Waals surface area (Å²) in [6.45, 7) is 6.35. The molecule has 0 saturated carbocycles. The van der Waals surface area contributed by atoms with Gasteiger partial charge in [-0.25, -0.2) is 0 Å². The maximum Gasteiger partial charge on any atom is 0.120 e. The van der Waals surface area contributed by atoms with Crippen molar-refractivity contribution in [1.29, 1.82) is 0 Å². The summed E-state index contributed by atoms with van der Waals surface area (Å²) in [7, 11) is 2.35. The van der Waals surface area contributed by atoms with Crippen LogP contribution in [0.1, 0.15) is 17.0 Å². The minimum atomic E-state index is 0.512. The molecule has 0 radical (unpaired) electrons. The second-order valence-corrected chi connectivity index (χ2v) is 6.05. The van der Waals surface area contributed by atoms with Gasteiger partial charge < -0.3 is 4.48 Å². The molecule has 0 spiro atoms. The quantitative estimate of drug-likeness (QED) is 0.578. The normalized spacial score (nSPS) is 28.6. The zero-order valence-electron chi connectivity index (χ0n) is 12.1. The maximum absolute atomic E-state index is 4.08. The van der Waals surface area contributed by atoms with Crippen LogP contribution in [0.2, 0.25) is 0 Å². The SMILES string of the molecule is C=C[C@H]1[C@H](c2ccccc2)C[N@+]1(C)Cc1ccccc1. The molecule has 1 nitrogen and oxygen atoms in total. The fourth-order valence-corrected chi connectivity index (χ4v) is 3.57. The van der Waals surface area contributed by atoms with Crippen LogP contribution in [0.4, 0.5) is 0 Å². The molecule has 2 aromatic carbocycles. The van der Waals surface area contributed by atoms with Gasteiger partial charge in [-0.2, -0.15) is 0 Å². The number of quaternary nitrogens is 1. The second kappa shape index (κ2) is 5.26. The predicted octanol–water partition coefficient (Wildman–Crippen LogP) is 3.99. The van der Waals surface area contributed by atoms with Crippen LogP contribution >= 0.6 is 0 Å². The lowest BCUT2D eigenvalue weighted by Gasteiger charge is -2.54. The van der Waals surface area contributed by atoms with E-state index < -0.39 is 0 Å². The number of likely N-dealkylation sites (tertiary alicyclic amines) is 1. The Bertz CT molecular complexity index is 575. The minimum absolute atomic E-state index is 0.512. The van der Waals surface area contributed by atoms with E-state index >= 15 is 0 Å². The zero-order chi connectivity index (χ0) is 14.0. The van der Waals surface area contributed by atoms with Crippen LogP contribution in [0.3, 0.4) is 0 Å².